The van der Waals surface area contributed by atoms with E-state index in [4.69, 9.17) is 14.2 Å². The van der Waals surface area contributed by atoms with E-state index in [2.05, 4.69) is 0 Å². The molecule has 0 unspecified atom stereocenters. The Hall–Kier alpha value is -2.04. The van der Waals surface area contributed by atoms with E-state index in [-0.39, 0.29) is 12.4 Å². The normalized spacial score (nSPS) is 10.9. The number of ether oxygens (including phenoxy) is 3. The maximum Gasteiger partial charge on any atom is 0.341 e. The lowest BCUT2D eigenvalue weighted by Gasteiger charge is -2.19. The first-order chi connectivity index (χ1) is 9.76. The number of benzene rings is 1. The Bertz CT molecular complexity index is 514. The first-order valence-corrected chi connectivity index (χ1v) is 6.74. The fraction of sp³-hybridized carbons (Fsp3) is 0.500. The zero-order valence-corrected chi connectivity index (χ0v) is 13.2. The van der Waals surface area contributed by atoms with Crippen molar-refractivity contribution in [2.75, 3.05) is 14.2 Å². The lowest BCUT2D eigenvalue weighted by Crippen LogP contribution is -2.24. The maximum absolute atomic E-state index is 11.7. The van der Waals surface area contributed by atoms with Gasteiger partial charge in [-0.2, -0.15) is 0 Å². The van der Waals surface area contributed by atoms with E-state index in [1.54, 1.807) is 12.1 Å². The molecule has 0 spiro atoms. The van der Waals surface area contributed by atoms with Crippen LogP contribution in [0.3, 0.4) is 0 Å². The molecule has 1 rings (SSSR count). The van der Waals surface area contributed by atoms with Crippen molar-refractivity contribution in [3.63, 3.8) is 0 Å². The molecule has 116 valence electrons. The van der Waals surface area contributed by atoms with E-state index in [9.17, 15) is 9.59 Å². The van der Waals surface area contributed by atoms with Crippen molar-refractivity contribution in [1.82, 2.24) is 0 Å². The van der Waals surface area contributed by atoms with Crippen molar-refractivity contribution < 1.29 is 23.8 Å². The van der Waals surface area contributed by atoms with Crippen LogP contribution in [0.4, 0.5) is 0 Å². The quantitative estimate of drug-likeness (QED) is 0.781. The molecule has 0 heterocycles. The molecule has 0 aliphatic heterocycles. The summed E-state index contributed by atoms with van der Waals surface area (Å²) in [5.41, 5.74) is 0.706. The first-order valence-electron chi connectivity index (χ1n) is 6.74. The summed E-state index contributed by atoms with van der Waals surface area (Å²) >= 11 is 0. The van der Waals surface area contributed by atoms with Gasteiger partial charge in [0.15, 0.2) is 0 Å². The molecule has 21 heavy (non-hydrogen) atoms. The summed E-state index contributed by atoms with van der Waals surface area (Å²) in [6.07, 6.45) is 0.743. The highest BCUT2D eigenvalue weighted by molar-refractivity contribution is 5.92. The molecule has 5 heteroatoms. The predicted octanol–water partition coefficient (Wildman–Crippen LogP) is 2.76. The Morgan fingerprint density at radius 1 is 1.14 bits per heavy atom. The van der Waals surface area contributed by atoms with Crippen LogP contribution in [-0.4, -0.2) is 31.8 Å². The van der Waals surface area contributed by atoms with Crippen molar-refractivity contribution in [1.29, 1.82) is 0 Å². The van der Waals surface area contributed by atoms with Crippen LogP contribution in [0, 0.1) is 0 Å². The number of carbonyl (C=O) groups excluding carboxylic acids is 2. The number of aryl methyl sites for hydroxylation is 1. The fourth-order valence-electron chi connectivity index (χ4n) is 1.82. The molecule has 0 saturated carbocycles. The van der Waals surface area contributed by atoms with Gasteiger partial charge in [-0.05, 0) is 44.9 Å². The van der Waals surface area contributed by atoms with Gasteiger partial charge in [-0.25, -0.2) is 4.79 Å². The molecule has 1 aromatic carbocycles. The van der Waals surface area contributed by atoms with Crippen LogP contribution >= 0.6 is 0 Å². The van der Waals surface area contributed by atoms with Crippen LogP contribution in [0.1, 0.15) is 43.1 Å². The van der Waals surface area contributed by atoms with Crippen molar-refractivity contribution >= 4 is 11.9 Å². The zero-order chi connectivity index (χ0) is 16.0. The van der Waals surface area contributed by atoms with Crippen LogP contribution in [0.25, 0.3) is 0 Å². The summed E-state index contributed by atoms with van der Waals surface area (Å²) in [5.74, 6) is -0.285. The van der Waals surface area contributed by atoms with Gasteiger partial charge in [0.2, 0.25) is 0 Å². The minimum Gasteiger partial charge on any atom is -0.496 e. The molecule has 0 N–H and O–H groups in total. The third-order valence-corrected chi connectivity index (χ3v) is 2.71. The first kappa shape index (κ1) is 17.0. The Balaban J connectivity index is 2.77. The van der Waals surface area contributed by atoms with Gasteiger partial charge >= 0.3 is 11.9 Å². The van der Waals surface area contributed by atoms with Gasteiger partial charge in [-0.3, -0.25) is 4.79 Å². The Morgan fingerprint density at radius 2 is 1.81 bits per heavy atom. The summed E-state index contributed by atoms with van der Waals surface area (Å²) in [6, 6.07) is 5.18. The SMILES string of the molecule is COC(=O)c1cc(CCC(=O)OC(C)(C)C)ccc1OC. The number of hydrogen-bond donors (Lipinski definition) is 0. The molecule has 0 aliphatic rings. The van der Waals surface area contributed by atoms with Gasteiger partial charge in [0.05, 0.1) is 14.2 Å². The van der Waals surface area contributed by atoms with E-state index in [0.29, 0.717) is 17.7 Å². The highest BCUT2D eigenvalue weighted by Crippen LogP contribution is 2.21. The lowest BCUT2D eigenvalue weighted by atomic mass is 10.1. The van der Waals surface area contributed by atoms with Crippen LogP contribution in [0.2, 0.25) is 0 Å². The van der Waals surface area contributed by atoms with E-state index >= 15 is 0 Å². The van der Waals surface area contributed by atoms with Crippen LogP contribution in [-0.2, 0) is 20.7 Å². The number of methoxy groups -OCH3 is 2. The van der Waals surface area contributed by atoms with E-state index in [1.807, 2.05) is 26.8 Å². The highest BCUT2D eigenvalue weighted by atomic mass is 16.6. The molecule has 0 amide bonds. The third-order valence-electron chi connectivity index (χ3n) is 2.71. The van der Waals surface area contributed by atoms with Crippen molar-refractivity contribution in [2.24, 2.45) is 0 Å². The van der Waals surface area contributed by atoms with Gasteiger partial charge in [0, 0.05) is 6.42 Å². The standard InChI is InChI=1S/C16H22O5/c1-16(2,3)21-14(17)9-7-11-6-8-13(19-4)12(10-11)15(18)20-5/h6,8,10H,7,9H2,1-5H3. The number of rotatable bonds is 5. The van der Waals surface area contributed by atoms with Gasteiger partial charge in [-0.15, -0.1) is 0 Å². The van der Waals surface area contributed by atoms with E-state index < -0.39 is 11.6 Å². The molecule has 0 aromatic heterocycles. The van der Waals surface area contributed by atoms with Crippen LogP contribution in [0.5, 0.6) is 5.75 Å². The van der Waals surface area contributed by atoms with Crippen molar-refractivity contribution in [3.8, 4) is 5.75 Å². The van der Waals surface area contributed by atoms with Crippen molar-refractivity contribution in [2.45, 2.75) is 39.2 Å². The monoisotopic (exact) mass is 294 g/mol. The molecule has 0 saturated heterocycles. The lowest BCUT2D eigenvalue weighted by molar-refractivity contribution is -0.154. The number of esters is 2. The summed E-state index contributed by atoms with van der Waals surface area (Å²) in [5, 5.41) is 0. The largest absolute Gasteiger partial charge is 0.496 e. The predicted molar refractivity (Wildman–Crippen MR) is 78.5 cm³/mol. The summed E-state index contributed by atoms with van der Waals surface area (Å²) in [6.45, 7) is 5.48. The third kappa shape index (κ3) is 5.45. The fourth-order valence-corrected chi connectivity index (χ4v) is 1.82. The van der Waals surface area contributed by atoms with Crippen LogP contribution in [0.15, 0.2) is 18.2 Å². The number of hydrogen-bond acceptors (Lipinski definition) is 5. The average molecular weight is 294 g/mol. The van der Waals surface area contributed by atoms with E-state index in [1.165, 1.54) is 14.2 Å². The van der Waals surface area contributed by atoms with Gasteiger partial charge < -0.3 is 14.2 Å². The Kier molecular flexibility index (Phi) is 5.76. The molecule has 0 fully saturated rings. The number of carbonyl (C=O) groups is 2. The average Bonchev–Trinajstić information content (AvgIpc) is 2.42. The van der Waals surface area contributed by atoms with Gasteiger partial charge in [0.1, 0.15) is 16.9 Å². The molecule has 0 atom stereocenters. The topological polar surface area (TPSA) is 61.8 Å². The van der Waals surface area contributed by atoms with E-state index in [0.717, 1.165) is 5.56 Å². The van der Waals surface area contributed by atoms with Crippen molar-refractivity contribution in [3.05, 3.63) is 29.3 Å². The van der Waals surface area contributed by atoms with Gasteiger partial charge in [0.25, 0.3) is 0 Å². The van der Waals surface area contributed by atoms with Gasteiger partial charge in [-0.1, -0.05) is 6.07 Å². The minimum absolute atomic E-state index is 0.254. The molecule has 0 bridgehead atoms. The Labute approximate surface area is 125 Å². The Morgan fingerprint density at radius 3 is 2.33 bits per heavy atom. The molecular weight excluding hydrogens is 272 g/mol. The highest BCUT2D eigenvalue weighted by Gasteiger charge is 2.17. The summed E-state index contributed by atoms with van der Waals surface area (Å²) in [7, 11) is 2.80. The zero-order valence-electron chi connectivity index (χ0n) is 13.2. The smallest absolute Gasteiger partial charge is 0.341 e. The molecular formula is C16H22O5. The molecule has 0 radical (unpaired) electrons. The summed E-state index contributed by atoms with van der Waals surface area (Å²) in [4.78, 5) is 23.4. The second-order valence-corrected chi connectivity index (χ2v) is 5.61. The minimum atomic E-state index is -0.492. The second kappa shape index (κ2) is 7.11. The maximum atomic E-state index is 11.7. The molecule has 5 nitrogen and oxygen atoms in total. The second-order valence-electron chi connectivity index (χ2n) is 5.61. The van der Waals surface area contributed by atoms with Crippen LogP contribution < -0.4 is 4.74 Å². The molecule has 1 aromatic rings. The summed E-state index contributed by atoms with van der Waals surface area (Å²) < 4.78 is 15.1. The molecule has 0 aliphatic carbocycles.